The van der Waals surface area contributed by atoms with E-state index in [1.807, 2.05) is 31.2 Å². The van der Waals surface area contributed by atoms with Crippen LogP contribution in [0.15, 0.2) is 47.3 Å². The highest BCUT2D eigenvalue weighted by atomic mass is 16.6. The van der Waals surface area contributed by atoms with Gasteiger partial charge in [0.05, 0.1) is 17.7 Å². The molecule has 3 aromatic rings. The van der Waals surface area contributed by atoms with Crippen LogP contribution < -0.4 is 10.3 Å². The minimum Gasteiger partial charge on any atom is -0.480 e. The van der Waals surface area contributed by atoms with Crippen molar-refractivity contribution >= 4 is 16.9 Å². The van der Waals surface area contributed by atoms with Gasteiger partial charge in [0.15, 0.2) is 6.61 Å². The van der Waals surface area contributed by atoms with Gasteiger partial charge in [0, 0.05) is 0 Å². The summed E-state index contributed by atoms with van der Waals surface area (Å²) in [5, 5.41) is 0.431. The summed E-state index contributed by atoms with van der Waals surface area (Å²) < 4.78 is 12.0. The van der Waals surface area contributed by atoms with Gasteiger partial charge in [-0.1, -0.05) is 24.3 Å². The number of aryl methyl sites for hydroxylation is 2. The Labute approximate surface area is 151 Å². The SMILES string of the molecule is CCOC(=O)COc1cccc2c(=O)n(-c3ccccc3C)c(C)nc12. The van der Waals surface area contributed by atoms with Crippen LogP contribution in [0.1, 0.15) is 18.3 Å². The number of aromatic nitrogens is 2. The molecule has 134 valence electrons. The molecule has 6 heteroatoms. The number of rotatable bonds is 5. The smallest absolute Gasteiger partial charge is 0.344 e. The zero-order chi connectivity index (χ0) is 18.7. The Morgan fingerprint density at radius 2 is 1.88 bits per heavy atom. The third kappa shape index (κ3) is 3.31. The Hall–Kier alpha value is -3.15. The van der Waals surface area contributed by atoms with Crippen LogP contribution in [0.5, 0.6) is 5.75 Å². The van der Waals surface area contributed by atoms with E-state index in [0.717, 1.165) is 11.3 Å². The number of fused-ring (bicyclic) bond motifs is 1. The Morgan fingerprint density at radius 3 is 2.62 bits per heavy atom. The van der Waals surface area contributed by atoms with Crippen molar-refractivity contribution in [3.05, 3.63) is 64.2 Å². The van der Waals surface area contributed by atoms with Gasteiger partial charge in [-0.3, -0.25) is 9.36 Å². The van der Waals surface area contributed by atoms with Gasteiger partial charge in [0.2, 0.25) is 0 Å². The fourth-order valence-electron chi connectivity index (χ4n) is 2.84. The predicted molar refractivity (Wildman–Crippen MR) is 98.9 cm³/mol. The summed E-state index contributed by atoms with van der Waals surface area (Å²) >= 11 is 0. The maximum Gasteiger partial charge on any atom is 0.344 e. The second-order valence-electron chi connectivity index (χ2n) is 5.83. The van der Waals surface area contributed by atoms with Crippen molar-refractivity contribution in [2.24, 2.45) is 0 Å². The highest BCUT2D eigenvalue weighted by Gasteiger charge is 2.15. The van der Waals surface area contributed by atoms with Gasteiger partial charge in [0.1, 0.15) is 17.1 Å². The molecule has 0 unspecified atom stereocenters. The average molecular weight is 352 g/mol. The summed E-state index contributed by atoms with van der Waals surface area (Å²) in [5.74, 6) is 0.464. The number of benzene rings is 2. The molecule has 0 bridgehead atoms. The number of hydrogen-bond acceptors (Lipinski definition) is 5. The van der Waals surface area contributed by atoms with Crippen molar-refractivity contribution < 1.29 is 14.3 Å². The van der Waals surface area contributed by atoms with Gasteiger partial charge in [-0.25, -0.2) is 9.78 Å². The minimum atomic E-state index is -0.463. The molecular formula is C20H20N2O4. The van der Waals surface area contributed by atoms with E-state index in [4.69, 9.17) is 9.47 Å². The number of carbonyl (C=O) groups excluding carboxylic acids is 1. The molecule has 3 rings (SSSR count). The van der Waals surface area contributed by atoms with Crippen LogP contribution in [0.2, 0.25) is 0 Å². The standard InChI is InChI=1S/C20H20N2O4/c1-4-25-18(23)12-26-17-11-7-9-15-19(17)21-14(3)22(20(15)24)16-10-6-5-8-13(16)2/h5-11H,4,12H2,1-3H3. The Morgan fingerprint density at radius 1 is 1.12 bits per heavy atom. The van der Waals surface area contributed by atoms with Crippen LogP contribution in [0.3, 0.4) is 0 Å². The minimum absolute atomic E-state index is 0.177. The molecule has 0 saturated heterocycles. The second-order valence-corrected chi connectivity index (χ2v) is 5.83. The van der Waals surface area contributed by atoms with E-state index >= 15 is 0 Å². The van der Waals surface area contributed by atoms with Gasteiger partial charge in [-0.2, -0.15) is 0 Å². The number of nitrogens with zero attached hydrogens (tertiary/aromatic N) is 2. The highest BCUT2D eigenvalue weighted by Crippen LogP contribution is 2.23. The second kappa shape index (κ2) is 7.39. The molecule has 0 saturated carbocycles. The summed E-state index contributed by atoms with van der Waals surface area (Å²) in [6, 6.07) is 12.8. The Bertz CT molecular complexity index is 1020. The van der Waals surface area contributed by atoms with Crippen LogP contribution in [-0.2, 0) is 9.53 Å². The summed E-state index contributed by atoms with van der Waals surface area (Å²) in [6.45, 7) is 5.51. The van der Waals surface area contributed by atoms with Crippen LogP contribution in [-0.4, -0.2) is 28.7 Å². The average Bonchev–Trinajstić information content (AvgIpc) is 2.62. The first-order valence-corrected chi connectivity index (χ1v) is 8.39. The quantitative estimate of drug-likeness (QED) is 0.660. The zero-order valence-corrected chi connectivity index (χ0v) is 15.0. The van der Waals surface area contributed by atoms with E-state index in [-0.39, 0.29) is 18.8 Å². The lowest BCUT2D eigenvalue weighted by molar-refractivity contribution is -0.145. The molecule has 6 nitrogen and oxygen atoms in total. The first kappa shape index (κ1) is 17.7. The molecule has 1 aromatic heterocycles. The lowest BCUT2D eigenvalue weighted by atomic mass is 10.1. The highest BCUT2D eigenvalue weighted by molar-refractivity contribution is 5.84. The molecule has 26 heavy (non-hydrogen) atoms. The van der Waals surface area contributed by atoms with Gasteiger partial charge >= 0.3 is 5.97 Å². The van der Waals surface area contributed by atoms with Gasteiger partial charge in [0.25, 0.3) is 5.56 Å². The van der Waals surface area contributed by atoms with Crippen LogP contribution in [0.4, 0.5) is 0 Å². The molecule has 1 heterocycles. The van der Waals surface area contributed by atoms with Crippen molar-refractivity contribution in [1.29, 1.82) is 0 Å². The molecule has 0 amide bonds. The van der Waals surface area contributed by atoms with Crippen molar-refractivity contribution in [3.63, 3.8) is 0 Å². The zero-order valence-electron chi connectivity index (χ0n) is 15.0. The number of carbonyl (C=O) groups is 1. The lowest BCUT2D eigenvalue weighted by Crippen LogP contribution is -2.23. The lowest BCUT2D eigenvalue weighted by Gasteiger charge is -2.14. The van der Waals surface area contributed by atoms with E-state index in [1.54, 1.807) is 36.6 Å². The number of para-hydroxylation sites is 2. The fourth-order valence-corrected chi connectivity index (χ4v) is 2.84. The summed E-state index contributed by atoms with van der Waals surface area (Å²) in [4.78, 5) is 29.2. The first-order valence-electron chi connectivity index (χ1n) is 8.39. The fraction of sp³-hybridized carbons (Fsp3) is 0.250. The van der Waals surface area contributed by atoms with Gasteiger partial charge in [-0.15, -0.1) is 0 Å². The monoisotopic (exact) mass is 352 g/mol. The Balaban J connectivity index is 2.10. The molecule has 0 spiro atoms. The normalized spacial score (nSPS) is 10.7. The van der Waals surface area contributed by atoms with Crippen LogP contribution >= 0.6 is 0 Å². The van der Waals surface area contributed by atoms with Gasteiger partial charge < -0.3 is 9.47 Å². The van der Waals surface area contributed by atoms with Crippen molar-refractivity contribution in [2.75, 3.05) is 13.2 Å². The van der Waals surface area contributed by atoms with E-state index in [2.05, 4.69) is 4.98 Å². The van der Waals surface area contributed by atoms with E-state index in [0.29, 0.717) is 22.5 Å². The first-order chi connectivity index (χ1) is 12.5. The maximum atomic E-state index is 13.1. The molecule has 0 radical (unpaired) electrons. The summed E-state index contributed by atoms with van der Waals surface area (Å²) in [6.07, 6.45) is 0. The van der Waals surface area contributed by atoms with E-state index in [9.17, 15) is 9.59 Å². The van der Waals surface area contributed by atoms with Crippen molar-refractivity contribution in [2.45, 2.75) is 20.8 Å². The largest absolute Gasteiger partial charge is 0.480 e. The molecule has 0 atom stereocenters. The molecule has 0 aliphatic heterocycles. The molecule has 2 aromatic carbocycles. The third-order valence-electron chi connectivity index (χ3n) is 4.04. The summed E-state index contributed by atoms with van der Waals surface area (Å²) in [7, 11) is 0. The number of esters is 1. The summed E-state index contributed by atoms with van der Waals surface area (Å²) in [5.41, 5.74) is 2.03. The van der Waals surface area contributed by atoms with Gasteiger partial charge in [-0.05, 0) is 44.5 Å². The van der Waals surface area contributed by atoms with Crippen molar-refractivity contribution in [1.82, 2.24) is 9.55 Å². The van der Waals surface area contributed by atoms with Crippen LogP contribution in [0, 0.1) is 13.8 Å². The Kier molecular flexibility index (Phi) is 5.02. The maximum absolute atomic E-state index is 13.1. The number of hydrogen-bond donors (Lipinski definition) is 0. The molecule has 0 fully saturated rings. The van der Waals surface area contributed by atoms with Crippen LogP contribution in [0.25, 0.3) is 16.6 Å². The molecular weight excluding hydrogens is 332 g/mol. The third-order valence-corrected chi connectivity index (χ3v) is 4.04. The predicted octanol–water partition coefficient (Wildman–Crippen LogP) is 2.94. The van der Waals surface area contributed by atoms with E-state index in [1.165, 1.54) is 0 Å². The number of ether oxygens (including phenoxy) is 2. The molecule has 0 N–H and O–H groups in total. The van der Waals surface area contributed by atoms with Crippen molar-refractivity contribution in [3.8, 4) is 11.4 Å². The molecule has 0 aliphatic carbocycles. The molecule has 0 aliphatic rings. The van der Waals surface area contributed by atoms with E-state index < -0.39 is 5.97 Å². The topological polar surface area (TPSA) is 70.4 Å².